The summed E-state index contributed by atoms with van der Waals surface area (Å²) in [7, 11) is 1.62. The number of H-pyrrole nitrogens is 1. The molecule has 0 bridgehead atoms. The standard InChI is InChI=1S/C21H17ClN4O3/c1-28-16-6-5-12-8-18(23-17(12)9-16)21(27)26-10-14(11-26)20-24-19(25-29-20)13-3-2-4-15(22)7-13/h2-9,14,23H,10-11H2,1H3. The number of rotatable bonds is 4. The van der Waals surface area contributed by atoms with Crippen molar-refractivity contribution >= 4 is 28.4 Å². The number of nitrogens with zero attached hydrogens (tertiary/aromatic N) is 3. The highest BCUT2D eigenvalue weighted by atomic mass is 35.5. The minimum absolute atomic E-state index is 0.0313. The highest BCUT2D eigenvalue weighted by molar-refractivity contribution is 6.30. The van der Waals surface area contributed by atoms with Crippen LogP contribution in [0.25, 0.3) is 22.3 Å². The van der Waals surface area contributed by atoms with Gasteiger partial charge in [0.1, 0.15) is 11.4 Å². The van der Waals surface area contributed by atoms with Crippen LogP contribution in [0.4, 0.5) is 0 Å². The molecule has 2 aromatic carbocycles. The number of fused-ring (bicyclic) bond motifs is 1. The Morgan fingerprint density at radius 3 is 2.90 bits per heavy atom. The lowest BCUT2D eigenvalue weighted by molar-refractivity contribution is 0.0564. The van der Waals surface area contributed by atoms with Gasteiger partial charge >= 0.3 is 0 Å². The largest absolute Gasteiger partial charge is 0.497 e. The highest BCUT2D eigenvalue weighted by Crippen LogP contribution is 2.30. The SMILES string of the molecule is COc1ccc2cc(C(=O)N3CC(c4nc(-c5cccc(Cl)c5)no4)C3)[nH]c2c1. The number of carbonyl (C=O) groups is 1. The Balaban J connectivity index is 1.28. The Hall–Kier alpha value is -3.32. The summed E-state index contributed by atoms with van der Waals surface area (Å²) < 4.78 is 10.6. The monoisotopic (exact) mass is 408 g/mol. The van der Waals surface area contributed by atoms with Crippen LogP contribution in [0, 0.1) is 0 Å². The summed E-state index contributed by atoms with van der Waals surface area (Å²) in [6.07, 6.45) is 0. The van der Waals surface area contributed by atoms with E-state index < -0.39 is 0 Å². The molecule has 0 spiro atoms. The summed E-state index contributed by atoms with van der Waals surface area (Å²) in [6, 6.07) is 14.8. The number of aromatic amines is 1. The zero-order chi connectivity index (χ0) is 20.0. The number of likely N-dealkylation sites (tertiary alicyclic amines) is 1. The van der Waals surface area contributed by atoms with Crippen molar-refractivity contribution in [2.75, 3.05) is 20.2 Å². The Bertz CT molecular complexity index is 1210. The second-order valence-corrected chi connectivity index (χ2v) is 7.45. The molecular formula is C21H17ClN4O3. The third kappa shape index (κ3) is 3.23. The maximum atomic E-state index is 12.8. The Kier molecular flexibility index (Phi) is 4.24. The van der Waals surface area contributed by atoms with Crippen LogP contribution in [0.15, 0.2) is 53.1 Å². The fourth-order valence-electron chi connectivity index (χ4n) is 3.47. The number of hydrogen-bond acceptors (Lipinski definition) is 5. The van der Waals surface area contributed by atoms with Gasteiger partial charge in [0.25, 0.3) is 5.91 Å². The van der Waals surface area contributed by atoms with Crippen molar-refractivity contribution < 1.29 is 14.1 Å². The van der Waals surface area contributed by atoms with Crippen LogP contribution in [0.2, 0.25) is 5.02 Å². The number of amides is 1. The fourth-order valence-corrected chi connectivity index (χ4v) is 3.66. The molecule has 0 atom stereocenters. The summed E-state index contributed by atoms with van der Waals surface area (Å²) in [5.41, 5.74) is 2.22. The van der Waals surface area contributed by atoms with Crippen molar-refractivity contribution in [3.63, 3.8) is 0 Å². The smallest absolute Gasteiger partial charge is 0.270 e. The molecule has 1 saturated heterocycles. The van der Waals surface area contributed by atoms with E-state index in [-0.39, 0.29) is 11.8 Å². The topological polar surface area (TPSA) is 84.2 Å². The van der Waals surface area contributed by atoms with Gasteiger partial charge in [0, 0.05) is 40.6 Å². The average Bonchev–Trinajstić information content (AvgIpc) is 3.33. The summed E-state index contributed by atoms with van der Waals surface area (Å²) in [4.78, 5) is 22.2. The van der Waals surface area contributed by atoms with Gasteiger partial charge in [0.2, 0.25) is 11.7 Å². The number of benzene rings is 2. The van der Waals surface area contributed by atoms with E-state index in [9.17, 15) is 4.79 Å². The van der Waals surface area contributed by atoms with Crippen molar-refractivity contribution in [1.82, 2.24) is 20.0 Å². The van der Waals surface area contributed by atoms with Crippen LogP contribution < -0.4 is 4.74 Å². The van der Waals surface area contributed by atoms with E-state index in [0.29, 0.717) is 35.5 Å². The maximum absolute atomic E-state index is 12.8. The first kappa shape index (κ1) is 17.8. The summed E-state index contributed by atoms with van der Waals surface area (Å²) in [6.45, 7) is 1.07. The number of nitrogens with one attached hydrogen (secondary N) is 1. The number of aromatic nitrogens is 3. The van der Waals surface area contributed by atoms with Crippen LogP contribution in [-0.2, 0) is 0 Å². The van der Waals surface area contributed by atoms with Crippen molar-refractivity contribution in [1.29, 1.82) is 0 Å². The number of carbonyl (C=O) groups excluding carboxylic acids is 1. The van der Waals surface area contributed by atoms with E-state index in [1.807, 2.05) is 36.4 Å². The zero-order valence-electron chi connectivity index (χ0n) is 15.6. The van der Waals surface area contributed by atoms with Gasteiger partial charge in [-0.25, -0.2) is 0 Å². The van der Waals surface area contributed by atoms with E-state index in [1.54, 1.807) is 24.1 Å². The first-order valence-corrected chi connectivity index (χ1v) is 9.54. The van der Waals surface area contributed by atoms with E-state index in [0.717, 1.165) is 22.2 Å². The lowest BCUT2D eigenvalue weighted by Gasteiger charge is -2.36. The predicted octanol–water partition coefficient (Wildman–Crippen LogP) is 4.12. The minimum Gasteiger partial charge on any atom is -0.497 e. The molecule has 1 amide bonds. The van der Waals surface area contributed by atoms with Crippen LogP contribution in [-0.4, -0.2) is 46.1 Å². The molecule has 4 aromatic rings. The third-order valence-corrected chi connectivity index (χ3v) is 5.34. The van der Waals surface area contributed by atoms with E-state index in [4.69, 9.17) is 20.9 Å². The Labute approximate surface area is 171 Å². The lowest BCUT2D eigenvalue weighted by atomic mass is 9.99. The first-order valence-electron chi connectivity index (χ1n) is 9.16. The molecule has 5 rings (SSSR count). The maximum Gasteiger partial charge on any atom is 0.270 e. The van der Waals surface area contributed by atoms with Crippen molar-refractivity contribution in [2.45, 2.75) is 5.92 Å². The molecule has 3 heterocycles. The van der Waals surface area contributed by atoms with Gasteiger partial charge < -0.3 is 19.1 Å². The van der Waals surface area contributed by atoms with Gasteiger partial charge in [-0.2, -0.15) is 4.98 Å². The molecule has 0 saturated carbocycles. The molecule has 0 radical (unpaired) electrons. The van der Waals surface area contributed by atoms with Crippen LogP contribution in [0.3, 0.4) is 0 Å². The minimum atomic E-state index is -0.0500. The number of hydrogen-bond donors (Lipinski definition) is 1. The van der Waals surface area contributed by atoms with E-state index in [1.165, 1.54) is 0 Å². The van der Waals surface area contributed by atoms with Crippen LogP contribution >= 0.6 is 11.6 Å². The van der Waals surface area contributed by atoms with Gasteiger partial charge in [-0.05, 0) is 30.3 Å². The molecule has 1 N–H and O–H groups in total. The molecule has 0 unspecified atom stereocenters. The van der Waals surface area contributed by atoms with E-state index >= 15 is 0 Å². The molecule has 0 aliphatic carbocycles. The second kappa shape index (κ2) is 6.93. The molecule has 1 aliphatic heterocycles. The van der Waals surface area contributed by atoms with Crippen molar-refractivity contribution in [3.05, 3.63) is 65.1 Å². The Morgan fingerprint density at radius 1 is 1.24 bits per heavy atom. The number of halogens is 1. The zero-order valence-corrected chi connectivity index (χ0v) is 16.3. The molecule has 29 heavy (non-hydrogen) atoms. The fraction of sp³-hybridized carbons (Fsp3) is 0.190. The predicted molar refractivity (Wildman–Crippen MR) is 108 cm³/mol. The molecule has 146 valence electrons. The number of methoxy groups -OCH3 is 1. The normalized spacial score (nSPS) is 14.2. The summed E-state index contributed by atoms with van der Waals surface area (Å²) >= 11 is 6.02. The first-order chi connectivity index (χ1) is 14.1. The van der Waals surface area contributed by atoms with Crippen LogP contribution in [0.1, 0.15) is 22.3 Å². The number of ether oxygens (including phenoxy) is 1. The average molecular weight is 409 g/mol. The van der Waals surface area contributed by atoms with Gasteiger partial charge in [-0.1, -0.05) is 28.9 Å². The second-order valence-electron chi connectivity index (χ2n) is 7.01. The highest BCUT2D eigenvalue weighted by Gasteiger charge is 2.36. The van der Waals surface area contributed by atoms with Crippen molar-refractivity contribution in [3.8, 4) is 17.1 Å². The molecular weight excluding hydrogens is 392 g/mol. The van der Waals surface area contributed by atoms with Gasteiger partial charge in [-0.3, -0.25) is 4.79 Å². The van der Waals surface area contributed by atoms with Crippen molar-refractivity contribution in [2.24, 2.45) is 0 Å². The van der Waals surface area contributed by atoms with Gasteiger partial charge in [0.05, 0.1) is 13.0 Å². The molecule has 8 heteroatoms. The summed E-state index contributed by atoms with van der Waals surface area (Å²) in [5.74, 6) is 1.76. The third-order valence-electron chi connectivity index (χ3n) is 5.10. The Morgan fingerprint density at radius 2 is 2.10 bits per heavy atom. The lowest BCUT2D eigenvalue weighted by Crippen LogP contribution is -2.48. The molecule has 7 nitrogen and oxygen atoms in total. The van der Waals surface area contributed by atoms with E-state index in [2.05, 4.69) is 15.1 Å². The molecule has 1 aliphatic rings. The van der Waals surface area contributed by atoms with Gasteiger partial charge in [-0.15, -0.1) is 0 Å². The molecule has 1 fully saturated rings. The van der Waals surface area contributed by atoms with Gasteiger partial charge in [0.15, 0.2) is 0 Å². The molecule has 2 aromatic heterocycles. The summed E-state index contributed by atoms with van der Waals surface area (Å²) in [5, 5.41) is 5.62. The quantitative estimate of drug-likeness (QED) is 0.549. The van der Waals surface area contributed by atoms with Crippen LogP contribution in [0.5, 0.6) is 5.75 Å².